The van der Waals surface area contributed by atoms with E-state index in [0.29, 0.717) is 0 Å². The first kappa shape index (κ1) is 22.4. The second-order valence-corrected chi connectivity index (χ2v) is 9.07. The molecule has 0 aromatic heterocycles. The molecule has 0 atom stereocenters. The van der Waals surface area contributed by atoms with Crippen LogP contribution in [0.5, 0.6) is 0 Å². The first-order chi connectivity index (χ1) is 14.6. The highest BCUT2D eigenvalue weighted by molar-refractivity contribution is 7.97. The number of rotatable bonds is 9. The Balaban J connectivity index is 2.24. The topological polar surface area (TPSA) is 44.8 Å². The maximum atomic E-state index is 13.4. The van der Waals surface area contributed by atoms with Gasteiger partial charge in [0.2, 0.25) is 0 Å². The van der Waals surface area contributed by atoms with Crippen molar-refractivity contribution in [3.05, 3.63) is 108 Å². The van der Waals surface area contributed by atoms with Crippen LogP contribution < -0.4 is 0 Å². The fourth-order valence-corrected chi connectivity index (χ4v) is 5.02. The summed E-state index contributed by atoms with van der Waals surface area (Å²) in [5, 5.41) is 0. The molecule has 0 aliphatic heterocycles. The van der Waals surface area contributed by atoms with Crippen LogP contribution in [0.2, 0.25) is 0 Å². The zero-order valence-electron chi connectivity index (χ0n) is 17.1. The molecule has 3 rings (SSSR count). The minimum Gasteiger partial charge on any atom is -0.456 e. The van der Waals surface area contributed by atoms with E-state index in [2.05, 4.69) is 0 Å². The minimum atomic E-state index is -3.76. The molecule has 0 aliphatic carbocycles. The van der Waals surface area contributed by atoms with E-state index >= 15 is 0 Å². The largest absolute Gasteiger partial charge is 0.456 e. The molecule has 3 aromatic carbocycles. The molecule has 0 fully saturated rings. The molecular formula is C24H25O4PS. The van der Waals surface area contributed by atoms with Crippen molar-refractivity contribution in [1.82, 2.24) is 0 Å². The summed E-state index contributed by atoms with van der Waals surface area (Å²) >= 11 is 5.53. The number of thiocarbonyl (C=S) groups is 1. The van der Waals surface area contributed by atoms with Crippen LogP contribution >= 0.6 is 19.8 Å². The number of hydrogen-bond donors (Lipinski definition) is 0. The van der Waals surface area contributed by atoms with Gasteiger partial charge in [-0.3, -0.25) is 4.57 Å². The van der Waals surface area contributed by atoms with Gasteiger partial charge in [0.1, 0.15) is 0 Å². The van der Waals surface area contributed by atoms with Gasteiger partial charge in [0.25, 0.3) is 4.79 Å². The Bertz CT molecular complexity index is 887. The lowest BCUT2D eigenvalue weighted by Crippen LogP contribution is -2.35. The van der Waals surface area contributed by atoms with Crippen molar-refractivity contribution >= 4 is 24.6 Å². The highest BCUT2D eigenvalue weighted by Gasteiger charge is 2.44. The molecule has 0 saturated heterocycles. The molecule has 0 unspecified atom stereocenters. The average Bonchev–Trinajstić information content (AvgIpc) is 2.79. The molecule has 0 saturated carbocycles. The SMILES string of the molecule is CCOP(=O)(OCC)C(=S)OC(c1ccccc1)(c1ccccc1)c1ccccc1. The van der Waals surface area contributed by atoms with Crippen molar-refractivity contribution in [3.63, 3.8) is 0 Å². The summed E-state index contributed by atoms with van der Waals surface area (Å²) in [5.41, 5.74) is 1.43. The summed E-state index contributed by atoms with van der Waals surface area (Å²) in [4.78, 5) is -0.192. The third-order valence-electron chi connectivity index (χ3n) is 4.60. The maximum Gasteiger partial charge on any atom is 0.407 e. The molecule has 156 valence electrons. The van der Waals surface area contributed by atoms with Gasteiger partial charge in [0, 0.05) is 16.7 Å². The fraction of sp³-hybridized carbons (Fsp3) is 0.208. The van der Waals surface area contributed by atoms with Crippen LogP contribution in [-0.4, -0.2) is 18.0 Å². The van der Waals surface area contributed by atoms with Crippen molar-refractivity contribution in [3.8, 4) is 0 Å². The van der Waals surface area contributed by atoms with E-state index < -0.39 is 13.2 Å². The van der Waals surface area contributed by atoms with Crippen molar-refractivity contribution < 1.29 is 18.3 Å². The van der Waals surface area contributed by atoms with E-state index in [-0.39, 0.29) is 18.0 Å². The van der Waals surface area contributed by atoms with E-state index in [1.807, 2.05) is 91.0 Å². The zero-order chi connectivity index (χ0) is 21.5. The molecule has 0 aliphatic rings. The van der Waals surface area contributed by atoms with Crippen LogP contribution in [0.1, 0.15) is 30.5 Å². The number of benzene rings is 3. The molecule has 6 heteroatoms. The highest BCUT2D eigenvalue weighted by Crippen LogP contribution is 2.53. The molecule has 30 heavy (non-hydrogen) atoms. The molecule has 0 amide bonds. The lowest BCUT2D eigenvalue weighted by atomic mass is 9.80. The van der Waals surface area contributed by atoms with Gasteiger partial charge in [0.05, 0.1) is 13.2 Å². The van der Waals surface area contributed by atoms with E-state index in [0.717, 1.165) is 16.7 Å². The maximum absolute atomic E-state index is 13.4. The van der Waals surface area contributed by atoms with Crippen molar-refractivity contribution in [2.24, 2.45) is 0 Å². The first-order valence-electron chi connectivity index (χ1n) is 9.86. The summed E-state index contributed by atoms with van der Waals surface area (Å²) in [6, 6.07) is 29.2. The van der Waals surface area contributed by atoms with Crippen LogP contribution in [0.25, 0.3) is 0 Å². The smallest absolute Gasteiger partial charge is 0.407 e. The Labute approximate surface area is 183 Å². The van der Waals surface area contributed by atoms with Gasteiger partial charge >= 0.3 is 7.60 Å². The summed E-state index contributed by atoms with van der Waals surface area (Å²) in [6.45, 7) is 3.87. The molecular weight excluding hydrogens is 415 g/mol. The van der Waals surface area contributed by atoms with E-state index in [9.17, 15) is 4.57 Å². The summed E-state index contributed by atoms with van der Waals surface area (Å²) in [6.07, 6.45) is 0. The van der Waals surface area contributed by atoms with Gasteiger partial charge in [-0.2, -0.15) is 0 Å². The molecule has 0 N–H and O–H groups in total. The predicted molar refractivity (Wildman–Crippen MR) is 124 cm³/mol. The van der Waals surface area contributed by atoms with Crippen LogP contribution in [-0.2, 0) is 24.0 Å². The third kappa shape index (κ3) is 4.55. The molecule has 0 bridgehead atoms. The Kier molecular flexibility index (Phi) is 7.57. The van der Waals surface area contributed by atoms with Crippen molar-refractivity contribution in [1.29, 1.82) is 0 Å². The standard InChI is InChI=1S/C24H25O4PS/c1-3-26-29(25,27-4-2)23(30)28-24(20-14-8-5-9-15-20,21-16-10-6-11-17-21)22-18-12-7-13-19-22/h5-19H,3-4H2,1-2H3. The summed E-state index contributed by atoms with van der Waals surface area (Å²) < 4.78 is 30.8. The average molecular weight is 441 g/mol. The molecule has 4 nitrogen and oxygen atoms in total. The second-order valence-electron chi connectivity index (χ2n) is 6.48. The molecule has 0 radical (unpaired) electrons. The Hall–Kier alpha value is -2.30. The summed E-state index contributed by atoms with van der Waals surface area (Å²) in [7, 11) is -3.76. The highest BCUT2D eigenvalue weighted by atomic mass is 32.1. The Morgan fingerprint density at radius 2 is 1.07 bits per heavy atom. The lowest BCUT2D eigenvalue weighted by Gasteiger charge is -2.37. The minimum absolute atomic E-state index is 0.190. The zero-order valence-corrected chi connectivity index (χ0v) is 18.8. The number of ether oxygens (including phenoxy) is 1. The van der Waals surface area contributed by atoms with Gasteiger partial charge in [-0.05, 0) is 26.1 Å². The van der Waals surface area contributed by atoms with Gasteiger partial charge in [-0.1, -0.05) is 91.0 Å². The van der Waals surface area contributed by atoms with Crippen molar-refractivity contribution in [2.75, 3.05) is 13.2 Å². The molecule has 3 aromatic rings. The second kappa shape index (κ2) is 10.1. The number of hydrogen-bond acceptors (Lipinski definition) is 5. The first-order valence-corrected chi connectivity index (χ1v) is 11.8. The van der Waals surface area contributed by atoms with E-state index in [4.69, 9.17) is 26.0 Å². The quantitative estimate of drug-likeness (QED) is 0.215. The van der Waals surface area contributed by atoms with Gasteiger partial charge in [-0.15, -0.1) is 0 Å². The lowest BCUT2D eigenvalue weighted by molar-refractivity contribution is 0.140. The predicted octanol–water partition coefficient (Wildman–Crippen LogP) is 6.55. The van der Waals surface area contributed by atoms with Crippen LogP contribution in [0.4, 0.5) is 0 Å². The van der Waals surface area contributed by atoms with Gasteiger partial charge < -0.3 is 13.8 Å². The van der Waals surface area contributed by atoms with Gasteiger partial charge in [0.15, 0.2) is 5.60 Å². The van der Waals surface area contributed by atoms with Crippen LogP contribution in [0.15, 0.2) is 91.0 Å². The summed E-state index contributed by atoms with van der Waals surface area (Å²) in [5.74, 6) is 0. The Morgan fingerprint density at radius 1 is 0.733 bits per heavy atom. The van der Waals surface area contributed by atoms with Crippen molar-refractivity contribution in [2.45, 2.75) is 19.4 Å². The van der Waals surface area contributed by atoms with Gasteiger partial charge in [-0.25, -0.2) is 0 Å². The van der Waals surface area contributed by atoms with E-state index in [1.165, 1.54) is 0 Å². The Morgan fingerprint density at radius 3 is 1.37 bits per heavy atom. The fourth-order valence-electron chi connectivity index (χ4n) is 3.36. The third-order valence-corrected chi connectivity index (χ3v) is 7.09. The molecule has 0 spiro atoms. The molecule has 0 heterocycles. The monoisotopic (exact) mass is 440 g/mol. The van der Waals surface area contributed by atoms with Crippen LogP contribution in [0, 0.1) is 0 Å². The van der Waals surface area contributed by atoms with E-state index in [1.54, 1.807) is 13.8 Å². The van der Waals surface area contributed by atoms with Crippen LogP contribution in [0.3, 0.4) is 0 Å². The normalized spacial score (nSPS) is 11.8.